The molecule has 1 heterocycles. The van der Waals surface area contributed by atoms with E-state index in [1.54, 1.807) is 0 Å². The average Bonchev–Trinajstić information content (AvgIpc) is 2.68. The lowest BCUT2D eigenvalue weighted by Gasteiger charge is -2.53. The first kappa shape index (κ1) is 18.9. The maximum Gasteiger partial charge on any atom is 0.0771 e. The monoisotopic (exact) mass is 349 g/mol. The van der Waals surface area contributed by atoms with Gasteiger partial charge in [-0.3, -0.25) is 0 Å². The molecule has 1 aliphatic rings. The average molecular weight is 350 g/mol. The third-order valence-corrected chi connectivity index (χ3v) is 6.08. The number of benzene rings is 2. The lowest BCUT2D eigenvalue weighted by Crippen LogP contribution is -2.58. The van der Waals surface area contributed by atoms with Crippen LogP contribution in [0.4, 0.5) is 0 Å². The van der Waals surface area contributed by atoms with Crippen LogP contribution in [-0.4, -0.2) is 10.7 Å². The van der Waals surface area contributed by atoms with Gasteiger partial charge >= 0.3 is 0 Å². The molecule has 26 heavy (non-hydrogen) atoms. The molecule has 1 saturated heterocycles. The van der Waals surface area contributed by atoms with E-state index in [4.69, 9.17) is 0 Å². The first-order valence-electron chi connectivity index (χ1n) is 9.81. The Balaban J connectivity index is 2.07. The van der Waals surface area contributed by atoms with Gasteiger partial charge < -0.3 is 10.4 Å². The van der Waals surface area contributed by atoms with Crippen LogP contribution in [0, 0.1) is 11.8 Å². The van der Waals surface area contributed by atoms with E-state index >= 15 is 0 Å². The summed E-state index contributed by atoms with van der Waals surface area (Å²) in [4.78, 5) is 0. The molecule has 1 fully saturated rings. The van der Waals surface area contributed by atoms with E-state index in [2.05, 4.69) is 74.3 Å². The van der Waals surface area contributed by atoms with Crippen molar-refractivity contribution in [3.63, 3.8) is 0 Å². The zero-order valence-electron chi connectivity index (χ0n) is 15.9. The minimum Gasteiger partial charge on any atom is -0.389 e. The fourth-order valence-electron chi connectivity index (χ4n) is 4.70. The van der Waals surface area contributed by atoms with E-state index < -0.39 is 5.60 Å². The molecule has 5 atom stereocenters. The highest BCUT2D eigenvalue weighted by Gasteiger charge is 2.51. The summed E-state index contributed by atoms with van der Waals surface area (Å²) in [7, 11) is 0. The van der Waals surface area contributed by atoms with E-state index in [0.29, 0.717) is 6.42 Å². The predicted molar refractivity (Wildman–Crippen MR) is 109 cm³/mol. The summed E-state index contributed by atoms with van der Waals surface area (Å²) in [5, 5.41) is 15.8. The van der Waals surface area contributed by atoms with Gasteiger partial charge in [0.15, 0.2) is 0 Å². The van der Waals surface area contributed by atoms with Crippen molar-refractivity contribution in [1.29, 1.82) is 0 Å². The van der Waals surface area contributed by atoms with Gasteiger partial charge in [0.05, 0.1) is 5.60 Å². The van der Waals surface area contributed by atoms with Crippen LogP contribution >= 0.6 is 0 Å². The molecular weight excluding hydrogens is 318 g/mol. The molecule has 3 rings (SSSR count). The summed E-state index contributed by atoms with van der Waals surface area (Å²) >= 11 is 0. The van der Waals surface area contributed by atoms with Crippen LogP contribution in [-0.2, 0) is 0 Å². The molecule has 0 saturated carbocycles. The number of rotatable bonds is 6. The highest BCUT2D eigenvalue weighted by atomic mass is 16.3. The molecule has 2 N–H and O–H groups in total. The van der Waals surface area contributed by atoms with Gasteiger partial charge in [-0.25, -0.2) is 0 Å². The molecule has 0 aliphatic carbocycles. The van der Waals surface area contributed by atoms with Gasteiger partial charge in [-0.1, -0.05) is 87.0 Å². The van der Waals surface area contributed by atoms with E-state index in [-0.39, 0.29) is 23.9 Å². The van der Waals surface area contributed by atoms with Crippen molar-refractivity contribution < 1.29 is 5.11 Å². The zero-order chi connectivity index (χ0) is 18.6. The number of hydrogen-bond acceptors (Lipinski definition) is 2. The van der Waals surface area contributed by atoms with Crippen molar-refractivity contribution in [3.8, 4) is 0 Å². The van der Waals surface area contributed by atoms with Crippen LogP contribution in [0.15, 0.2) is 73.3 Å². The molecule has 0 radical (unpaired) electrons. The fraction of sp³-hybridized carbons (Fsp3) is 0.417. The molecule has 2 aromatic carbocycles. The van der Waals surface area contributed by atoms with Gasteiger partial charge in [0.1, 0.15) is 0 Å². The Hall–Kier alpha value is -1.90. The largest absolute Gasteiger partial charge is 0.389 e. The van der Waals surface area contributed by atoms with Crippen molar-refractivity contribution in [2.24, 2.45) is 11.8 Å². The standard InChI is InChI=1S/C24H31NO/c1-4-12-21-23(20-15-10-7-11-16-20)25-22(19-13-8-6-9-14-19)18(3)24(21,26)17-5-2/h5-11,13-16,18,21-23,25-26H,2,4,12,17H2,1,3H3/t18-,21-,22-,23-,24+/m1/s1. The topological polar surface area (TPSA) is 32.3 Å². The normalized spacial score (nSPS) is 31.5. The first-order chi connectivity index (χ1) is 12.6. The lowest BCUT2D eigenvalue weighted by atomic mass is 9.63. The SMILES string of the molecule is C=CC[C@]1(O)[C@H](C)[C@H](c2ccccc2)N[C@H](c2ccccc2)[C@H]1CCC. The number of hydrogen-bond donors (Lipinski definition) is 2. The minimum atomic E-state index is -0.774. The second-order valence-electron chi connectivity index (χ2n) is 7.61. The quantitative estimate of drug-likeness (QED) is 0.681. The molecule has 0 amide bonds. The molecule has 1 aliphatic heterocycles. The van der Waals surface area contributed by atoms with Crippen LogP contribution < -0.4 is 5.32 Å². The van der Waals surface area contributed by atoms with Crippen molar-refractivity contribution in [3.05, 3.63) is 84.4 Å². The predicted octanol–water partition coefficient (Wildman–Crippen LogP) is 5.43. The molecule has 2 nitrogen and oxygen atoms in total. The third-order valence-electron chi connectivity index (χ3n) is 6.08. The van der Waals surface area contributed by atoms with E-state index in [1.807, 2.05) is 18.2 Å². The first-order valence-corrected chi connectivity index (χ1v) is 9.81. The van der Waals surface area contributed by atoms with Crippen LogP contribution in [0.3, 0.4) is 0 Å². The molecule has 138 valence electrons. The van der Waals surface area contributed by atoms with Gasteiger partial charge in [0.25, 0.3) is 0 Å². The summed E-state index contributed by atoms with van der Waals surface area (Å²) in [5.74, 6) is 0.252. The Bertz CT molecular complexity index is 699. The van der Waals surface area contributed by atoms with Gasteiger partial charge in [-0.05, 0) is 24.0 Å². The summed E-state index contributed by atoms with van der Waals surface area (Å²) in [5.41, 5.74) is 1.71. The van der Waals surface area contributed by atoms with E-state index in [1.165, 1.54) is 11.1 Å². The Morgan fingerprint density at radius 3 is 2.04 bits per heavy atom. The number of nitrogens with one attached hydrogen (secondary N) is 1. The van der Waals surface area contributed by atoms with Gasteiger partial charge in [0, 0.05) is 23.9 Å². The van der Waals surface area contributed by atoms with E-state index in [9.17, 15) is 5.11 Å². The van der Waals surface area contributed by atoms with Crippen LogP contribution in [0.25, 0.3) is 0 Å². The highest BCUT2D eigenvalue weighted by Crippen LogP contribution is 2.50. The molecule has 0 unspecified atom stereocenters. The molecule has 0 bridgehead atoms. The van der Waals surface area contributed by atoms with Crippen molar-refractivity contribution in [2.45, 2.75) is 50.8 Å². The van der Waals surface area contributed by atoms with Gasteiger partial charge in [-0.15, -0.1) is 6.58 Å². The molecule has 0 spiro atoms. The number of aliphatic hydroxyl groups is 1. The Morgan fingerprint density at radius 2 is 1.54 bits per heavy atom. The molecule has 2 aromatic rings. The zero-order valence-corrected chi connectivity index (χ0v) is 15.9. The second kappa shape index (κ2) is 8.20. The molecular formula is C24H31NO. The second-order valence-corrected chi connectivity index (χ2v) is 7.61. The summed E-state index contributed by atoms with van der Waals surface area (Å²) in [6.45, 7) is 8.32. The third kappa shape index (κ3) is 3.49. The summed E-state index contributed by atoms with van der Waals surface area (Å²) in [6, 6.07) is 21.3. The summed E-state index contributed by atoms with van der Waals surface area (Å²) < 4.78 is 0. The molecule has 2 heteroatoms. The Morgan fingerprint density at radius 1 is 1.00 bits per heavy atom. The van der Waals surface area contributed by atoms with Crippen molar-refractivity contribution in [1.82, 2.24) is 5.32 Å². The van der Waals surface area contributed by atoms with Crippen LogP contribution in [0.2, 0.25) is 0 Å². The Labute approximate surface area is 158 Å². The summed E-state index contributed by atoms with van der Waals surface area (Å²) in [6.07, 6.45) is 4.54. The lowest BCUT2D eigenvalue weighted by molar-refractivity contribution is -0.117. The smallest absolute Gasteiger partial charge is 0.0771 e. The minimum absolute atomic E-state index is 0.0967. The number of piperidine rings is 1. The maximum atomic E-state index is 11.9. The van der Waals surface area contributed by atoms with Crippen LogP contribution in [0.5, 0.6) is 0 Å². The fourth-order valence-corrected chi connectivity index (χ4v) is 4.70. The van der Waals surface area contributed by atoms with E-state index in [0.717, 1.165) is 12.8 Å². The van der Waals surface area contributed by atoms with Gasteiger partial charge in [0.2, 0.25) is 0 Å². The van der Waals surface area contributed by atoms with Crippen LogP contribution in [0.1, 0.15) is 56.3 Å². The highest BCUT2D eigenvalue weighted by molar-refractivity contribution is 5.28. The Kier molecular flexibility index (Phi) is 5.95. The molecule has 0 aromatic heterocycles. The van der Waals surface area contributed by atoms with Crippen molar-refractivity contribution >= 4 is 0 Å². The maximum absolute atomic E-state index is 11.9. The van der Waals surface area contributed by atoms with Gasteiger partial charge in [-0.2, -0.15) is 0 Å². The van der Waals surface area contributed by atoms with Crippen molar-refractivity contribution in [2.75, 3.05) is 0 Å².